The molecule has 0 atom stereocenters. The first-order valence-corrected chi connectivity index (χ1v) is 8.29. The summed E-state index contributed by atoms with van der Waals surface area (Å²) < 4.78 is 17.2. The number of para-hydroxylation sites is 1. The molecule has 7 heteroatoms. The number of benzene rings is 2. The van der Waals surface area contributed by atoms with Crippen molar-refractivity contribution in [3.63, 3.8) is 0 Å². The molecule has 0 spiro atoms. The molecule has 0 aliphatic rings. The quantitative estimate of drug-likeness (QED) is 0.731. The summed E-state index contributed by atoms with van der Waals surface area (Å²) in [4.78, 5) is 13.2. The molecule has 0 radical (unpaired) electrons. The third kappa shape index (κ3) is 2.82. The van der Waals surface area contributed by atoms with E-state index in [9.17, 15) is 14.3 Å². The molecule has 0 amide bonds. The summed E-state index contributed by atoms with van der Waals surface area (Å²) in [6.07, 6.45) is 0. The predicted molar refractivity (Wildman–Crippen MR) is 90.9 cm³/mol. The summed E-state index contributed by atoms with van der Waals surface area (Å²) in [5.74, 6) is -0.742. The number of nitrogens with zero attached hydrogens (tertiary/aromatic N) is 2. The second kappa shape index (κ2) is 6.25. The summed E-state index contributed by atoms with van der Waals surface area (Å²) >= 11 is 4.61. The van der Waals surface area contributed by atoms with Crippen LogP contribution in [-0.2, 0) is 7.05 Å². The summed E-state index contributed by atoms with van der Waals surface area (Å²) in [5.41, 5.74) is -0.412. The number of imidazole rings is 1. The first kappa shape index (κ1) is 15.9. The Balaban J connectivity index is 2.22. The van der Waals surface area contributed by atoms with Crippen molar-refractivity contribution < 1.29 is 9.50 Å². The second-order valence-electron chi connectivity index (χ2n) is 4.79. The number of hydrogen-bond donors (Lipinski definition) is 1. The van der Waals surface area contributed by atoms with Crippen LogP contribution in [0, 0.1) is 5.82 Å². The summed E-state index contributed by atoms with van der Waals surface area (Å²) in [6, 6.07) is 13.4. The van der Waals surface area contributed by atoms with Crippen molar-refractivity contribution in [2.75, 3.05) is 0 Å². The smallest absolute Gasteiger partial charge is 0.336 e. The van der Waals surface area contributed by atoms with Gasteiger partial charge in [-0.05, 0) is 40.2 Å². The molecule has 0 saturated heterocycles. The Morgan fingerprint density at radius 3 is 2.48 bits per heavy atom. The van der Waals surface area contributed by atoms with Gasteiger partial charge in [0.05, 0.1) is 5.69 Å². The van der Waals surface area contributed by atoms with Gasteiger partial charge in [-0.3, -0.25) is 4.57 Å². The summed E-state index contributed by atoms with van der Waals surface area (Å²) in [7, 11) is 1.44. The number of hydrogen-bond acceptors (Lipinski definition) is 3. The zero-order valence-corrected chi connectivity index (χ0v) is 14.4. The molecule has 118 valence electrons. The highest BCUT2D eigenvalue weighted by atomic mass is 79.9. The van der Waals surface area contributed by atoms with Crippen molar-refractivity contribution in [2.24, 2.45) is 7.05 Å². The molecule has 0 bridgehead atoms. The van der Waals surface area contributed by atoms with Crippen LogP contribution in [0.3, 0.4) is 0 Å². The van der Waals surface area contributed by atoms with Crippen LogP contribution in [0.2, 0.25) is 0 Å². The molecular formula is C16H12BrFN2O2S. The van der Waals surface area contributed by atoms with E-state index in [0.29, 0.717) is 0 Å². The molecule has 3 rings (SSSR count). The maximum Gasteiger partial charge on any atom is 0.336 e. The van der Waals surface area contributed by atoms with Crippen LogP contribution in [0.5, 0.6) is 5.88 Å². The maximum atomic E-state index is 14.1. The maximum absolute atomic E-state index is 14.1. The van der Waals surface area contributed by atoms with Gasteiger partial charge in [-0.25, -0.2) is 13.8 Å². The van der Waals surface area contributed by atoms with Gasteiger partial charge in [-0.15, -0.1) is 0 Å². The van der Waals surface area contributed by atoms with Crippen molar-refractivity contribution in [3.8, 4) is 11.6 Å². The van der Waals surface area contributed by atoms with E-state index in [2.05, 4.69) is 15.9 Å². The molecule has 1 aromatic heterocycles. The molecule has 0 unspecified atom stereocenters. The van der Waals surface area contributed by atoms with Gasteiger partial charge in [-0.1, -0.05) is 36.0 Å². The van der Waals surface area contributed by atoms with Gasteiger partial charge in [0.1, 0.15) is 10.8 Å². The minimum atomic E-state index is -0.533. The first-order valence-electron chi connectivity index (χ1n) is 6.68. The van der Waals surface area contributed by atoms with E-state index in [1.165, 1.54) is 35.5 Å². The van der Waals surface area contributed by atoms with E-state index < -0.39 is 11.5 Å². The molecule has 0 aliphatic carbocycles. The van der Waals surface area contributed by atoms with Crippen molar-refractivity contribution in [1.29, 1.82) is 0 Å². The average molecular weight is 395 g/mol. The van der Waals surface area contributed by atoms with Crippen LogP contribution in [0.15, 0.2) is 67.7 Å². The molecule has 4 nitrogen and oxygen atoms in total. The van der Waals surface area contributed by atoms with Crippen molar-refractivity contribution in [1.82, 2.24) is 9.13 Å². The molecule has 2 aromatic carbocycles. The number of aromatic hydroxyl groups is 1. The van der Waals surface area contributed by atoms with Gasteiger partial charge < -0.3 is 5.11 Å². The van der Waals surface area contributed by atoms with E-state index in [0.717, 1.165) is 13.9 Å². The highest BCUT2D eigenvalue weighted by molar-refractivity contribution is 9.10. The lowest BCUT2D eigenvalue weighted by Crippen LogP contribution is -2.22. The zero-order valence-electron chi connectivity index (χ0n) is 12.0. The van der Waals surface area contributed by atoms with Crippen LogP contribution in [-0.4, -0.2) is 14.2 Å². The van der Waals surface area contributed by atoms with Crippen LogP contribution in [0.25, 0.3) is 5.69 Å². The summed E-state index contributed by atoms with van der Waals surface area (Å²) in [6.45, 7) is 0. The van der Waals surface area contributed by atoms with E-state index in [-0.39, 0.29) is 16.6 Å². The monoisotopic (exact) mass is 394 g/mol. The molecule has 3 aromatic rings. The fraction of sp³-hybridized carbons (Fsp3) is 0.0625. The Bertz CT molecular complexity index is 936. The Kier molecular flexibility index (Phi) is 4.32. The van der Waals surface area contributed by atoms with Crippen molar-refractivity contribution >= 4 is 27.7 Å². The van der Waals surface area contributed by atoms with E-state index in [1.54, 1.807) is 12.1 Å². The molecule has 0 saturated carbocycles. The number of halogens is 2. The fourth-order valence-electron chi connectivity index (χ4n) is 2.14. The lowest BCUT2D eigenvalue weighted by Gasteiger charge is -2.09. The Hall–Kier alpha value is -1.99. The lowest BCUT2D eigenvalue weighted by atomic mass is 10.3. The minimum absolute atomic E-state index is 0.1000. The van der Waals surface area contributed by atoms with E-state index in [4.69, 9.17) is 0 Å². The standard InChI is InChI=1S/C16H12BrFN2O2S/c1-19-14(21)15(23-13-9-5-2-6-10(13)17)20(16(19)22)12-8-4-3-7-11(12)18/h2-9,21H,1H3. The fourth-order valence-corrected chi connectivity index (χ4v) is 3.68. The highest BCUT2D eigenvalue weighted by Gasteiger charge is 2.22. The normalized spacial score (nSPS) is 10.9. The molecular weight excluding hydrogens is 383 g/mol. The van der Waals surface area contributed by atoms with Gasteiger partial charge in [0.15, 0.2) is 0 Å². The van der Waals surface area contributed by atoms with Gasteiger partial charge >= 0.3 is 5.69 Å². The van der Waals surface area contributed by atoms with Crippen molar-refractivity contribution in [3.05, 3.63) is 69.3 Å². The molecule has 0 fully saturated rings. The van der Waals surface area contributed by atoms with Gasteiger partial charge in [-0.2, -0.15) is 0 Å². The zero-order chi connectivity index (χ0) is 16.6. The third-order valence-corrected chi connectivity index (χ3v) is 5.42. The van der Waals surface area contributed by atoms with Crippen LogP contribution < -0.4 is 5.69 Å². The van der Waals surface area contributed by atoms with Crippen LogP contribution in [0.1, 0.15) is 0 Å². The van der Waals surface area contributed by atoms with Gasteiger partial charge in [0.2, 0.25) is 5.88 Å². The second-order valence-corrected chi connectivity index (χ2v) is 6.67. The predicted octanol–water partition coefficient (Wildman–Crippen LogP) is 3.93. The van der Waals surface area contributed by atoms with Gasteiger partial charge in [0.25, 0.3) is 0 Å². The number of rotatable bonds is 3. The largest absolute Gasteiger partial charge is 0.492 e. The highest BCUT2D eigenvalue weighted by Crippen LogP contribution is 2.38. The molecule has 1 heterocycles. The summed E-state index contributed by atoms with van der Waals surface area (Å²) in [5, 5.41) is 10.5. The van der Waals surface area contributed by atoms with Crippen molar-refractivity contribution in [2.45, 2.75) is 9.92 Å². The lowest BCUT2D eigenvalue weighted by molar-refractivity contribution is 0.417. The van der Waals surface area contributed by atoms with Crippen LogP contribution in [0.4, 0.5) is 4.39 Å². The minimum Gasteiger partial charge on any atom is -0.492 e. The molecule has 23 heavy (non-hydrogen) atoms. The van der Waals surface area contributed by atoms with E-state index in [1.807, 2.05) is 24.3 Å². The first-order chi connectivity index (χ1) is 11.0. The topological polar surface area (TPSA) is 47.2 Å². The SMILES string of the molecule is Cn1c(O)c(Sc2ccccc2Br)n(-c2ccccc2F)c1=O. The Morgan fingerprint density at radius 1 is 1.13 bits per heavy atom. The Morgan fingerprint density at radius 2 is 1.78 bits per heavy atom. The average Bonchev–Trinajstić information content (AvgIpc) is 2.75. The molecule has 1 N–H and O–H groups in total. The molecule has 0 aliphatic heterocycles. The third-order valence-electron chi connectivity index (χ3n) is 3.33. The Labute approximate surface area is 144 Å². The van der Waals surface area contributed by atoms with E-state index >= 15 is 0 Å². The van der Waals surface area contributed by atoms with Crippen LogP contribution >= 0.6 is 27.7 Å². The van der Waals surface area contributed by atoms with Gasteiger partial charge in [0, 0.05) is 16.4 Å². The number of aromatic nitrogens is 2.